The fraction of sp³-hybridized carbons (Fsp3) is 0.167. The van der Waals surface area contributed by atoms with E-state index in [1.165, 1.54) is 0 Å². The minimum Gasteiger partial charge on any atom is -0.261 e. The number of rotatable bonds is 6. The molecule has 10 heteroatoms. The van der Waals surface area contributed by atoms with Crippen molar-refractivity contribution in [2.24, 2.45) is 0 Å². The van der Waals surface area contributed by atoms with Crippen molar-refractivity contribution in [3.8, 4) is 0 Å². The summed E-state index contributed by atoms with van der Waals surface area (Å²) in [6, 6.07) is 0. The quantitative estimate of drug-likeness (QED) is 0.381. The molecule has 0 bridgehead atoms. The lowest BCUT2D eigenvalue weighted by molar-refractivity contribution is 0.569. The third-order valence-electron chi connectivity index (χ3n) is 5.96. The zero-order chi connectivity index (χ0) is 23.4. The van der Waals surface area contributed by atoms with Crippen molar-refractivity contribution in [1.82, 2.24) is 49.8 Å². The third kappa shape index (κ3) is 3.54. The van der Waals surface area contributed by atoms with E-state index in [4.69, 9.17) is 4.98 Å². The van der Waals surface area contributed by atoms with Crippen LogP contribution in [-0.4, -0.2) is 49.8 Å². The van der Waals surface area contributed by atoms with Gasteiger partial charge in [0.1, 0.15) is 0 Å². The van der Waals surface area contributed by atoms with Crippen LogP contribution in [0.25, 0.3) is 0 Å². The van der Waals surface area contributed by atoms with Crippen molar-refractivity contribution in [3.05, 3.63) is 121 Å². The van der Waals surface area contributed by atoms with Crippen LogP contribution in [-0.2, 0) is 10.8 Å². The lowest BCUT2D eigenvalue weighted by atomic mass is 9.78. The van der Waals surface area contributed by atoms with Gasteiger partial charge in [0.25, 0.3) is 0 Å². The Kier molecular flexibility index (Phi) is 5.46. The van der Waals surface area contributed by atoms with Gasteiger partial charge in [-0.25, -0.2) is 0 Å². The standard InChI is InChI=1S/C24H20N10/c1-23(17-11-25-3-7-30-17,18-12-26-4-8-31-18)21-15-29-16-22(34-21)24(2,19-13-27-5-9-32-19)20-14-28-6-10-33-20/h3-16H,1-2H3. The summed E-state index contributed by atoms with van der Waals surface area (Å²) in [5.41, 5.74) is 2.21. The van der Waals surface area contributed by atoms with Gasteiger partial charge in [-0.3, -0.25) is 49.8 Å². The molecule has 0 saturated heterocycles. The van der Waals surface area contributed by atoms with Gasteiger partial charge in [0.15, 0.2) is 0 Å². The zero-order valence-electron chi connectivity index (χ0n) is 18.6. The maximum atomic E-state index is 5.09. The second-order valence-corrected chi connectivity index (χ2v) is 7.90. The summed E-state index contributed by atoms with van der Waals surface area (Å²) in [6.07, 6.45) is 23.3. The maximum absolute atomic E-state index is 5.09. The van der Waals surface area contributed by atoms with Gasteiger partial charge in [0, 0.05) is 86.8 Å². The van der Waals surface area contributed by atoms with Crippen molar-refractivity contribution in [3.63, 3.8) is 0 Å². The Balaban J connectivity index is 1.74. The molecule has 0 amide bonds. The number of nitrogens with zero attached hydrogens (tertiary/aromatic N) is 10. The second kappa shape index (κ2) is 8.74. The molecule has 5 rings (SSSR count). The maximum Gasteiger partial charge on any atom is 0.0985 e. The van der Waals surface area contributed by atoms with E-state index in [2.05, 4.69) is 44.9 Å². The van der Waals surface area contributed by atoms with Crippen molar-refractivity contribution >= 4 is 0 Å². The first-order chi connectivity index (χ1) is 16.6. The van der Waals surface area contributed by atoms with E-state index in [9.17, 15) is 0 Å². The Hall–Kier alpha value is -4.60. The lowest BCUT2D eigenvalue weighted by Crippen LogP contribution is -2.33. The molecule has 34 heavy (non-hydrogen) atoms. The average molecular weight is 448 g/mol. The molecule has 0 saturated carbocycles. The van der Waals surface area contributed by atoms with Crippen molar-refractivity contribution in [2.75, 3.05) is 0 Å². The van der Waals surface area contributed by atoms with Crippen molar-refractivity contribution in [2.45, 2.75) is 24.7 Å². The molecule has 0 spiro atoms. The molecule has 0 fully saturated rings. The normalized spacial score (nSPS) is 11.8. The smallest absolute Gasteiger partial charge is 0.0985 e. The van der Waals surface area contributed by atoms with E-state index < -0.39 is 10.8 Å². The highest BCUT2D eigenvalue weighted by Crippen LogP contribution is 2.38. The van der Waals surface area contributed by atoms with Gasteiger partial charge in [-0.1, -0.05) is 0 Å². The summed E-state index contributed by atoms with van der Waals surface area (Å²) >= 11 is 0. The van der Waals surface area contributed by atoms with Crippen LogP contribution in [0.5, 0.6) is 0 Å². The minimum atomic E-state index is -0.864. The summed E-state index contributed by atoms with van der Waals surface area (Å²) in [5, 5.41) is 0. The van der Waals surface area contributed by atoms with Gasteiger partial charge >= 0.3 is 0 Å². The van der Waals surface area contributed by atoms with Crippen LogP contribution in [0.4, 0.5) is 0 Å². The van der Waals surface area contributed by atoms with Gasteiger partial charge < -0.3 is 0 Å². The summed E-state index contributed by atoms with van der Waals surface area (Å²) in [7, 11) is 0. The highest BCUT2D eigenvalue weighted by atomic mass is 14.9. The molecule has 0 aliphatic rings. The molecule has 10 nitrogen and oxygen atoms in total. The van der Waals surface area contributed by atoms with Crippen LogP contribution in [0.2, 0.25) is 0 Å². The first-order valence-corrected chi connectivity index (χ1v) is 10.5. The minimum absolute atomic E-state index is 0.630. The Morgan fingerprint density at radius 2 is 0.676 bits per heavy atom. The number of aromatic nitrogens is 10. The lowest BCUT2D eigenvalue weighted by Gasteiger charge is -2.31. The monoisotopic (exact) mass is 448 g/mol. The molecule has 5 aromatic heterocycles. The van der Waals surface area contributed by atoms with Gasteiger partial charge in [-0.05, 0) is 13.8 Å². The Bertz CT molecular complexity index is 1180. The first-order valence-electron chi connectivity index (χ1n) is 10.5. The van der Waals surface area contributed by atoms with E-state index in [0.29, 0.717) is 34.2 Å². The van der Waals surface area contributed by atoms with Gasteiger partial charge in [0.05, 0.1) is 45.0 Å². The molecule has 0 aliphatic carbocycles. The largest absolute Gasteiger partial charge is 0.261 e. The topological polar surface area (TPSA) is 129 Å². The SMILES string of the molecule is CC(c1cnccn1)(c1cnccn1)c1cncc(C(C)(c2cnccn2)c2cnccn2)n1. The number of hydrogen-bond donors (Lipinski definition) is 0. The molecule has 0 aliphatic heterocycles. The van der Waals surface area contributed by atoms with Gasteiger partial charge in [0.2, 0.25) is 0 Å². The van der Waals surface area contributed by atoms with E-state index in [1.807, 2.05) is 13.8 Å². The van der Waals surface area contributed by atoms with E-state index in [1.54, 1.807) is 86.8 Å². The third-order valence-corrected chi connectivity index (χ3v) is 5.96. The molecule has 5 aromatic rings. The second-order valence-electron chi connectivity index (χ2n) is 7.90. The average Bonchev–Trinajstić information content (AvgIpc) is 2.94. The molecular formula is C24H20N10. The predicted octanol–water partition coefficient (Wildman–Crippen LogP) is 2.35. The van der Waals surface area contributed by atoms with Crippen molar-refractivity contribution in [1.29, 1.82) is 0 Å². The Morgan fingerprint density at radius 1 is 0.382 bits per heavy atom. The zero-order valence-corrected chi connectivity index (χ0v) is 18.6. The van der Waals surface area contributed by atoms with E-state index in [-0.39, 0.29) is 0 Å². The molecule has 5 heterocycles. The molecule has 166 valence electrons. The molecule has 0 aromatic carbocycles. The van der Waals surface area contributed by atoms with Crippen LogP contribution in [0, 0.1) is 0 Å². The first kappa shape index (κ1) is 21.3. The van der Waals surface area contributed by atoms with Gasteiger partial charge in [-0.2, -0.15) is 0 Å². The van der Waals surface area contributed by atoms with E-state index >= 15 is 0 Å². The predicted molar refractivity (Wildman–Crippen MR) is 121 cm³/mol. The highest BCUT2D eigenvalue weighted by Gasteiger charge is 2.41. The highest BCUT2D eigenvalue weighted by molar-refractivity contribution is 5.43. The molecule has 0 atom stereocenters. The Labute approximate surface area is 195 Å². The molecule has 0 unspecified atom stereocenters. The molecular weight excluding hydrogens is 428 g/mol. The summed E-state index contributed by atoms with van der Waals surface area (Å²) in [4.78, 5) is 45.0. The van der Waals surface area contributed by atoms with Crippen LogP contribution in [0.1, 0.15) is 48.0 Å². The number of hydrogen-bond acceptors (Lipinski definition) is 10. The van der Waals surface area contributed by atoms with Gasteiger partial charge in [-0.15, -0.1) is 0 Å². The summed E-state index contributed by atoms with van der Waals surface area (Å²) in [5.74, 6) is 0. The van der Waals surface area contributed by atoms with Crippen molar-refractivity contribution < 1.29 is 0 Å². The van der Waals surface area contributed by atoms with Crippen LogP contribution < -0.4 is 0 Å². The van der Waals surface area contributed by atoms with Crippen LogP contribution in [0.15, 0.2) is 86.8 Å². The fourth-order valence-electron chi connectivity index (χ4n) is 3.86. The fourth-order valence-corrected chi connectivity index (χ4v) is 3.86. The summed E-state index contributed by atoms with van der Waals surface area (Å²) in [6.45, 7) is 3.97. The van der Waals surface area contributed by atoms with Crippen LogP contribution in [0.3, 0.4) is 0 Å². The molecule has 0 N–H and O–H groups in total. The summed E-state index contributed by atoms with van der Waals surface area (Å²) < 4.78 is 0. The molecule has 0 radical (unpaired) electrons. The Morgan fingerprint density at radius 3 is 0.941 bits per heavy atom. The van der Waals surface area contributed by atoms with E-state index in [0.717, 1.165) is 0 Å². The van der Waals surface area contributed by atoms with Crippen LogP contribution >= 0.6 is 0 Å².